The van der Waals surface area contributed by atoms with E-state index in [1.807, 2.05) is 0 Å². The number of rotatable bonds is 6. The Balaban J connectivity index is 2.01. The van der Waals surface area contributed by atoms with Crippen molar-refractivity contribution < 1.29 is 8.42 Å². The van der Waals surface area contributed by atoms with Crippen LogP contribution in [-0.2, 0) is 10.0 Å². The van der Waals surface area contributed by atoms with Gasteiger partial charge in [0, 0.05) is 6.54 Å². The fourth-order valence-corrected chi connectivity index (χ4v) is 3.66. The number of hydrogen-bond acceptors (Lipinski definition) is 4. The van der Waals surface area contributed by atoms with Crippen molar-refractivity contribution in [3.63, 3.8) is 0 Å². The number of fused-ring (bicyclic) bond motifs is 1. The summed E-state index contributed by atoms with van der Waals surface area (Å²) in [5.41, 5.74) is 0.522. The summed E-state index contributed by atoms with van der Waals surface area (Å²) in [6.07, 6.45) is 5.46. The second kappa shape index (κ2) is 6.43. The fraction of sp³-hybridized carbons (Fsp3) is 0.462. The largest absolute Gasteiger partial charge is 0.267 e. The van der Waals surface area contributed by atoms with E-state index in [2.05, 4.69) is 17.6 Å². The molecule has 1 heterocycles. The van der Waals surface area contributed by atoms with Gasteiger partial charge in [-0.1, -0.05) is 25.0 Å². The molecule has 0 saturated heterocycles. The molecular formula is C13H18N2O2S2. The lowest BCUT2D eigenvalue weighted by atomic mass is 10.2. The molecule has 1 aliphatic heterocycles. The van der Waals surface area contributed by atoms with Crippen LogP contribution < -0.4 is 0 Å². The molecule has 0 unspecified atom stereocenters. The first-order valence-corrected chi connectivity index (χ1v) is 8.49. The third kappa shape index (κ3) is 3.30. The first-order chi connectivity index (χ1) is 9.16. The van der Waals surface area contributed by atoms with E-state index in [-0.39, 0.29) is 0 Å². The predicted octanol–water partition coefficient (Wildman–Crippen LogP) is 2.84. The van der Waals surface area contributed by atoms with E-state index < -0.39 is 10.0 Å². The summed E-state index contributed by atoms with van der Waals surface area (Å²) >= 11 is 4.16. The molecule has 0 fully saturated rings. The van der Waals surface area contributed by atoms with Gasteiger partial charge in [0.2, 0.25) is 0 Å². The minimum Gasteiger partial charge on any atom is -0.256 e. The smallest absolute Gasteiger partial charge is 0.256 e. The van der Waals surface area contributed by atoms with Gasteiger partial charge in [-0.25, -0.2) is 13.4 Å². The van der Waals surface area contributed by atoms with Crippen molar-refractivity contribution in [2.24, 2.45) is 4.99 Å². The standard InChI is InChI=1S/C13H18N2O2S2/c16-19(17)13-8-4-3-7-12(13)14-11-15(19)9-5-1-2-6-10-18/h3-4,7-8,11,18H,1-2,5-6,9-10H2. The van der Waals surface area contributed by atoms with Crippen LogP contribution in [-0.4, -0.2) is 31.4 Å². The number of hydrogen-bond donors (Lipinski definition) is 1. The maximum absolute atomic E-state index is 12.3. The Morgan fingerprint density at radius 1 is 1.11 bits per heavy atom. The number of sulfonamides is 1. The molecule has 19 heavy (non-hydrogen) atoms. The summed E-state index contributed by atoms with van der Waals surface area (Å²) in [6, 6.07) is 6.84. The maximum atomic E-state index is 12.3. The van der Waals surface area contributed by atoms with Crippen LogP contribution in [0.1, 0.15) is 25.7 Å². The zero-order valence-corrected chi connectivity index (χ0v) is 12.4. The summed E-state index contributed by atoms with van der Waals surface area (Å²) in [5, 5.41) is 0. The summed E-state index contributed by atoms with van der Waals surface area (Å²) < 4.78 is 26.0. The van der Waals surface area contributed by atoms with E-state index in [4.69, 9.17) is 0 Å². The molecule has 104 valence electrons. The highest BCUT2D eigenvalue weighted by Crippen LogP contribution is 2.29. The molecular weight excluding hydrogens is 280 g/mol. The Morgan fingerprint density at radius 2 is 1.84 bits per heavy atom. The lowest BCUT2D eigenvalue weighted by Gasteiger charge is -2.23. The van der Waals surface area contributed by atoms with Crippen molar-refractivity contribution in [2.45, 2.75) is 30.6 Å². The van der Waals surface area contributed by atoms with E-state index in [1.54, 1.807) is 24.3 Å². The molecule has 0 amide bonds. The van der Waals surface area contributed by atoms with E-state index >= 15 is 0 Å². The predicted molar refractivity (Wildman–Crippen MR) is 80.8 cm³/mol. The minimum absolute atomic E-state index is 0.299. The highest BCUT2D eigenvalue weighted by Gasteiger charge is 2.27. The Hall–Kier alpha value is -1.01. The maximum Gasteiger partial charge on any atom is 0.267 e. The molecule has 0 spiro atoms. The molecule has 1 aromatic rings. The number of unbranched alkanes of at least 4 members (excludes halogenated alkanes) is 3. The van der Waals surface area contributed by atoms with Gasteiger partial charge in [-0.2, -0.15) is 12.6 Å². The highest BCUT2D eigenvalue weighted by atomic mass is 32.2. The first kappa shape index (κ1) is 14.4. The van der Waals surface area contributed by atoms with Crippen molar-refractivity contribution in [3.8, 4) is 0 Å². The molecule has 2 rings (SSSR count). The third-order valence-electron chi connectivity index (χ3n) is 3.06. The van der Waals surface area contributed by atoms with E-state index in [0.29, 0.717) is 17.1 Å². The van der Waals surface area contributed by atoms with E-state index in [9.17, 15) is 8.42 Å². The van der Waals surface area contributed by atoms with Gasteiger partial charge in [0.15, 0.2) is 0 Å². The van der Waals surface area contributed by atoms with Gasteiger partial charge in [-0.15, -0.1) is 0 Å². The van der Waals surface area contributed by atoms with Crippen LogP contribution in [0.3, 0.4) is 0 Å². The molecule has 4 nitrogen and oxygen atoms in total. The monoisotopic (exact) mass is 298 g/mol. The lowest BCUT2D eigenvalue weighted by Crippen LogP contribution is -2.32. The number of thiol groups is 1. The van der Waals surface area contributed by atoms with Crippen LogP contribution in [0.25, 0.3) is 0 Å². The van der Waals surface area contributed by atoms with Crippen molar-refractivity contribution >= 4 is 34.7 Å². The molecule has 0 N–H and O–H groups in total. The highest BCUT2D eigenvalue weighted by molar-refractivity contribution is 7.89. The topological polar surface area (TPSA) is 49.7 Å². The summed E-state index contributed by atoms with van der Waals surface area (Å²) in [7, 11) is -3.41. The Morgan fingerprint density at radius 3 is 2.63 bits per heavy atom. The molecule has 1 aliphatic rings. The van der Waals surface area contributed by atoms with Gasteiger partial charge in [-0.05, 0) is 30.7 Å². The van der Waals surface area contributed by atoms with Gasteiger partial charge in [0.25, 0.3) is 10.0 Å². The first-order valence-electron chi connectivity index (χ1n) is 6.42. The molecule has 0 radical (unpaired) electrons. The molecule has 0 atom stereocenters. The summed E-state index contributed by atoms with van der Waals surface area (Å²) in [6.45, 7) is 0.493. The zero-order valence-electron chi connectivity index (χ0n) is 10.7. The van der Waals surface area contributed by atoms with Gasteiger partial charge in [0.1, 0.15) is 11.2 Å². The van der Waals surface area contributed by atoms with E-state index in [0.717, 1.165) is 31.4 Å². The Kier molecular flexibility index (Phi) is 4.87. The Bertz CT molecular complexity index is 556. The van der Waals surface area contributed by atoms with Crippen molar-refractivity contribution in [3.05, 3.63) is 24.3 Å². The summed E-state index contributed by atoms with van der Waals surface area (Å²) in [5.74, 6) is 0.886. The van der Waals surface area contributed by atoms with Crippen LogP contribution in [0.15, 0.2) is 34.2 Å². The molecule has 0 aliphatic carbocycles. The van der Waals surface area contributed by atoms with Crippen molar-refractivity contribution in [1.29, 1.82) is 0 Å². The average Bonchev–Trinajstić information content (AvgIpc) is 2.41. The van der Waals surface area contributed by atoms with Crippen LogP contribution in [0.2, 0.25) is 0 Å². The Labute approximate surface area is 120 Å². The third-order valence-corrected chi connectivity index (χ3v) is 5.18. The van der Waals surface area contributed by atoms with Crippen LogP contribution >= 0.6 is 12.6 Å². The average molecular weight is 298 g/mol. The van der Waals surface area contributed by atoms with Gasteiger partial charge in [0.05, 0.1) is 5.69 Å². The second-order valence-corrected chi connectivity index (χ2v) is 6.77. The summed E-state index contributed by atoms with van der Waals surface area (Å²) in [4.78, 5) is 4.49. The van der Waals surface area contributed by atoms with Gasteiger partial charge >= 0.3 is 0 Å². The van der Waals surface area contributed by atoms with Gasteiger partial charge in [-0.3, -0.25) is 4.31 Å². The number of para-hydroxylation sites is 1. The quantitative estimate of drug-likeness (QED) is 0.648. The lowest BCUT2D eigenvalue weighted by molar-refractivity contribution is 0.504. The molecule has 0 bridgehead atoms. The number of nitrogens with zero attached hydrogens (tertiary/aromatic N) is 2. The van der Waals surface area contributed by atoms with Crippen LogP contribution in [0.4, 0.5) is 5.69 Å². The SMILES string of the molecule is O=S1(=O)c2ccccc2N=CN1CCCCCCS. The fourth-order valence-electron chi connectivity index (χ4n) is 2.01. The van der Waals surface area contributed by atoms with Gasteiger partial charge < -0.3 is 0 Å². The van der Waals surface area contributed by atoms with E-state index in [1.165, 1.54) is 10.6 Å². The van der Waals surface area contributed by atoms with Crippen molar-refractivity contribution in [2.75, 3.05) is 12.3 Å². The molecule has 0 aromatic heterocycles. The molecule has 1 aromatic carbocycles. The van der Waals surface area contributed by atoms with Crippen LogP contribution in [0.5, 0.6) is 0 Å². The van der Waals surface area contributed by atoms with Crippen LogP contribution in [0, 0.1) is 0 Å². The zero-order chi connectivity index (χ0) is 13.7. The normalized spacial score (nSPS) is 16.4. The molecule has 6 heteroatoms. The minimum atomic E-state index is -3.41. The number of benzene rings is 1. The second-order valence-electron chi connectivity index (χ2n) is 4.47. The number of aliphatic imine (C=N–C) groups is 1. The van der Waals surface area contributed by atoms with Crippen molar-refractivity contribution in [1.82, 2.24) is 4.31 Å². The molecule has 0 saturated carbocycles.